The Bertz CT molecular complexity index is 483. The van der Waals surface area contributed by atoms with E-state index >= 15 is 0 Å². The first-order valence-electron chi connectivity index (χ1n) is 8.08. The lowest BCUT2D eigenvalue weighted by Gasteiger charge is -2.38. The first-order valence-corrected chi connectivity index (χ1v) is 8.08. The molecule has 1 heterocycles. The van der Waals surface area contributed by atoms with Crippen molar-refractivity contribution in [3.63, 3.8) is 0 Å². The van der Waals surface area contributed by atoms with Gasteiger partial charge in [0.25, 0.3) is 0 Å². The van der Waals surface area contributed by atoms with E-state index in [1.165, 1.54) is 5.69 Å². The molecule has 1 fully saturated rings. The second-order valence-corrected chi connectivity index (χ2v) is 5.83. The van der Waals surface area contributed by atoms with Crippen molar-refractivity contribution in [1.82, 2.24) is 4.90 Å². The standard InChI is InChI=1S/C17H27N3O2/c1-4-22-17(21)13-18-15-6-5-7-16(12-15)20-10-8-19(9-11-20)14(2)3/h5-7,12,14,18H,4,8-11,13H2,1-3H3. The smallest absolute Gasteiger partial charge is 0.325 e. The highest BCUT2D eigenvalue weighted by molar-refractivity contribution is 5.75. The van der Waals surface area contributed by atoms with Crippen LogP contribution in [0.15, 0.2) is 24.3 Å². The number of esters is 1. The van der Waals surface area contributed by atoms with Gasteiger partial charge in [0.2, 0.25) is 0 Å². The summed E-state index contributed by atoms with van der Waals surface area (Å²) in [6.45, 7) is 11.2. The van der Waals surface area contributed by atoms with Crippen LogP contribution in [0.2, 0.25) is 0 Å². The van der Waals surface area contributed by atoms with Crippen LogP contribution in [0.3, 0.4) is 0 Å². The zero-order chi connectivity index (χ0) is 15.9. The van der Waals surface area contributed by atoms with Crippen LogP contribution in [-0.4, -0.2) is 56.2 Å². The number of carbonyl (C=O) groups is 1. The Kier molecular flexibility index (Phi) is 6.07. The van der Waals surface area contributed by atoms with Crippen LogP contribution in [0.4, 0.5) is 11.4 Å². The van der Waals surface area contributed by atoms with Gasteiger partial charge in [-0.1, -0.05) is 6.07 Å². The minimum Gasteiger partial charge on any atom is -0.465 e. The number of hydrogen-bond acceptors (Lipinski definition) is 5. The van der Waals surface area contributed by atoms with Crippen molar-refractivity contribution < 1.29 is 9.53 Å². The van der Waals surface area contributed by atoms with Crippen molar-refractivity contribution in [2.45, 2.75) is 26.8 Å². The van der Waals surface area contributed by atoms with Crippen molar-refractivity contribution >= 4 is 17.3 Å². The van der Waals surface area contributed by atoms with Gasteiger partial charge in [-0.05, 0) is 39.0 Å². The van der Waals surface area contributed by atoms with E-state index in [1.54, 1.807) is 0 Å². The Morgan fingerprint density at radius 2 is 2.00 bits per heavy atom. The summed E-state index contributed by atoms with van der Waals surface area (Å²) >= 11 is 0. The predicted octanol–water partition coefficient (Wildman–Crippen LogP) is 2.19. The molecule has 0 unspecified atom stereocenters. The van der Waals surface area contributed by atoms with Gasteiger partial charge < -0.3 is 15.0 Å². The lowest BCUT2D eigenvalue weighted by molar-refractivity contribution is -0.140. The molecule has 1 N–H and O–H groups in total. The van der Waals surface area contributed by atoms with E-state index in [9.17, 15) is 4.79 Å². The molecule has 0 atom stereocenters. The number of anilines is 2. The Morgan fingerprint density at radius 1 is 1.27 bits per heavy atom. The Hall–Kier alpha value is -1.75. The summed E-state index contributed by atoms with van der Waals surface area (Å²) in [4.78, 5) is 16.3. The summed E-state index contributed by atoms with van der Waals surface area (Å²) in [6, 6.07) is 8.84. The van der Waals surface area contributed by atoms with Gasteiger partial charge in [0.15, 0.2) is 0 Å². The number of hydrogen-bond donors (Lipinski definition) is 1. The normalized spacial score (nSPS) is 15.9. The first kappa shape index (κ1) is 16.6. The van der Waals surface area contributed by atoms with Crippen LogP contribution >= 0.6 is 0 Å². The molecule has 0 radical (unpaired) electrons. The summed E-state index contributed by atoms with van der Waals surface area (Å²) in [5.41, 5.74) is 2.16. The summed E-state index contributed by atoms with van der Waals surface area (Å²) < 4.78 is 4.93. The number of carbonyl (C=O) groups excluding carboxylic acids is 1. The lowest BCUT2D eigenvalue weighted by Crippen LogP contribution is -2.48. The number of rotatable bonds is 6. The van der Waals surface area contributed by atoms with E-state index in [2.05, 4.69) is 41.1 Å². The molecular weight excluding hydrogens is 278 g/mol. The second-order valence-electron chi connectivity index (χ2n) is 5.83. The number of ether oxygens (including phenoxy) is 1. The molecule has 0 bridgehead atoms. The Balaban J connectivity index is 1.90. The average molecular weight is 305 g/mol. The molecule has 122 valence electrons. The molecule has 5 nitrogen and oxygen atoms in total. The second kappa shape index (κ2) is 8.03. The minimum atomic E-state index is -0.224. The molecule has 1 saturated heterocycles. The maximum atomic E-state index is 11.4. The van der Waals surface area contributed by atoms with Gasteiger partial charge in [-0.3, -0.25) is 9.69 Å². The van der Waals surface area contributed by atoms with E-state index in [4.69, 9.17) is 4.74 Å². The fraction of sp³-hybridized carbons (Fsp3) is 0.588. The van der Waals surface area contributed by atoms with Gasteiger partial charge in [-0.25, -0.2) is 0 Å². The van der Waals surface area contributed by atoms with Gasteiger partial charge in [0.05, 0.1) is 6.61 Å². The number of benzene rings is 1. The molecule has 5 heteroatoms. The van der Waals surface area contributed by atoms with E-state index in [1.807, 2.05) is 19.1 Å². The van der Waals surface area contributed by atoms with Crippen molar-refractivity contribution in [3.8, 4) is 0 Å². The lowest BCUT2D eigenvalue weighted by atomic mass is 10.2. The molecule has 0 spiro atoms. The molecule has 0 aliphatic carbocycles. The quantitative estimate of drug-likeness (QED) is 0.816. The van der Waals surface area contributed by atoms with Gasteiger partial charge in [0, 0.05) is 43.6 Å². The topological polar surface area (TPSA) is 44.8 Å². The van der Waals surface area contributed by atoms with E-state index in [-0.39, 0.29) is 12.5 Å². The molecule has 0 saturated carbocycles. The summed E-state index contributed by atoms with van der Waals surface area (Å²) in [7, 11) is 0. The van der Waals surface area contributed by atoms with Crippen molar-refractivity contribution in [2.24, 2.45) is 0 Å². The molecule has 2 rings (SSSR count). The number of piperazine rings is 1. The SMILES string of the molecule is CCOC(=O)CNc1cccc(N2CCN(C(C)C)CC2)c1. The number of nitrogens with one attached hydrogen (secondary N) is 1. The van der Waals surface area contributed by atoms with Gasteiger partial charge in [0.1, 0.15) is 6.54 Å². The van der Waals surface area contributed by atoms with Gasteiger partial charge in [-0.15, -0.1) is 0 Å². The molecule has 0 amide bonds. The Labute approximate surface area is 133 Å². The van der Waals surface area contributed by atoms with Gasteiger partial charge in [-0.2, -0.15) is 0 Å². The molecule has 1 aromatic rings. The molecule has 1 aliphatic rings. The monoisotopic (exact) mass is 305 g/mol. The van der Waals surface area contributed by atoms with Crippen LogP contribution in [0.25, 0.3) is 0 Å². The third-order valence-electron chi connectivity index (χ3n) is 4.00. The van der Waals surface area contributed by atoms with Crippen LogP contribution in [-0.2, 0) is 9.53 Å². The third kappa shape index (κ3) is 4.63. The van der Waals surface area contributed by atoms with E-state index in [0.717, 1.165) is 31.9 Å². The minimum absolute atomic E-state index is 0.207. The third-order valence-corrected chi connectivity index (χ3v) is 4.00. The largest absolute Gasteiger partial charge is 0.465 e. The van der Waals surface area contributed by atoms with E-state index < -0.39 is 0 Å². The maximum Gasteiger partial charge on any atom is 0.325 e. The zero-order valence-electron chi connectivity index (χ0n) is 13.8. The molecule has 1 aromatic carbocycles. The average Bonchev–Trinajstić information content (AvgIpc) is 2.53. The number of nitrogens with zero attached hydrogens (tertiary/aromatic N) is 2. The fourth-order valence-corrected chi connectivity index (χ4v) is 2.70. The highest BCUT2D eigenvalue weighted by Gasteiger charge is 2.19. The van der Waals surface area contributed by atoms with Crippen LogP contribution in [0, 0.1) is 0 Å². The fourth-order valence-electron chi connectivity index (χ4n) is 2.70. The van der Waals surface area contributed by atoms with Gasteiger partial charge >= 0.3 is 5.97 Å². The predicted molar refractivity (Wildman–Crippen MR) is 90.5 cm³/mol. The van der Waals surface area contributed by atoms with Crippen molar-refractivity contribution in [3.05, 3.63) is 24.3 Å². The van der Waals surface area contributed by atoms with Crippen LogP contribution in [0.5, 0.6) is 0 Å². The van der Waals surface area contributed by atoms with Crippen molar-refractivity contribution in [1.29, 1.82) is 0 Å². The Morgan fingerprint density at radius 3 is 2.64 bits per heavy atom. The maximum absolute atomic E-state index is 11.4. The highest BCUT2D eigenvalue weighted by atomic mass is 16.5. The molecule has 1 aliphatic heterocycles. The summed E-state index contributed by atoms with van der Waals surface area (Å²) in [5, 5.41) is 3.12. The highest BCUT2D eigenvalue weighted by Crippen LogP contribution is 2.21. The molecule has 0 aromatic heterocycles. The summed E-state index contributed by atoms with van der Waals surface area (Å²) in [5.74, 6) is -0.224. The first-order chi connectivity index (χ1) is 10.6. The van der Waals surface area contributed by atoms with Crippen molar-refractivity contribution in [2.75, 3.05) is 49.5 Å². The molecule has 22 heavy (non-hydrogen) atoms. The zero-order valence-corrected chi connectivity index (χ0v) is 13.8. The molecular formula is C17H27N3O2. The summed E-state index contributed by atoms with van der Waals surface area (Å²) in [6.07, 6.45) is 0. The van der Waals surface area contributed by atoms with Crippen LogP contribution in [0.1, 0.15) is 20.8 Å². The van der Waals surface area contributed by atoms with Crippen LogP contribution < -0.4 is 10.2 Å². The van der Waals surface area contributed by atoms with E-state index in [0.29, 0.717) is 12.6 Å².